The van der Waals surface area contributed by atoms with Crippen molar-refractivity contribution in [1.29, 1.82) is 0 Å². The topological polar surface area (TPSA) is 83.2 Å². The number of rotatable bonds is 6. The van der Waals surface area contributed by atoms with E-state index in [2.05, 4.69) is 0 Å². The van der Waals surface area contributed by atoms with E-state index >= 15 is 0 Å². The van der Waals surface area contributed by atoms with E-state index in [0.29, 0.717) is 28.1 Å². The van der Waals surface area contributed by atoms with Crippen LogP contribution in [0, 0.1) is 0 Å². The van der Waals surface area contributed by atoms with Crippen LogP contribution in [0.15, 0.2) is 45.6 Å². The zero-order chi connectivity index (χ0) is 22.3. The first-order valence-electron chi connectivity index (χ1n) is 9.90. The van der Waals surface area contributed by atoms with Crippen LogP contribution < -0.4 is 10.2 Å². The molecule has 0 fully saturated rings. The maximum absolute atomic E-state index is 13.5. The summed E-state index contributed by atoms with van der Waals surface area (Å²) < 4.78 is 11.1. The molecule has 0 aliphatic carbocycles. The number of phenols is 1. The molecule has 1 aliphatic heterocycles. The first kappa shape index (κ1) is 21.2. The van der Waals surface area contributed by atoms with Crippen molar-refractivity contribution in [1.82, 2.24) is 9.80 Å². The van der Waals surface area contributed by atoms with Crippen LogP contribution in [0.3, 0.4) is 0 Å². The molecule has 1 atom stereocenters. The van der Waals surface area contributed by atoms with Crippen molar-refractivity contribution in [3.8, 4) is 11.5 Å². The fourth-order valence-corrected chi connectivity index (χ4v) is 4.16. The zero-order valence-corrected chi connectivity index (χ0v) is 18.3. The average molecular weight is 443 g/mol. The van der Waals surface area contributed by atoms with Crippen LogP contribution in [0.2, 0.25) is 5.02 Å². The molecule has 31 heavy (non-hydrogen) atoms. The third-order valence-electron chi connectivity index (χ3n) is 5.45. The number of carbonyl (C=O) groups is 1. The predicted octanol–water partition coefficient (Wildman–Crippen LogP) is 3.66. The highest BCUT2D eigenvalue weighted by molar-refractivity contribution is 6.31. The molecule has 162 valence electrons. The van der Waals surface area contributed by atoms with Crippen LogP contribution in [-0.4, -0.2) is 55.1 Å². The number of phenolic OH excluding ortho intramolecular Hbond substituents is 1. The number of hydrogen-bond acceptors (Lipinski definition) is 6. The molecule has 2 aromatic carbocycles. The molecule has 3 aromatic rings. The number of methoxy groups -OCH3 is 1. The Hall–Kier alpha value is -3.03. The molecule has 0 saturated carbocycles. The van der Waals surface area contributed by atoms with Gasteiger partial charge in [0.2, 0.25) is 5.76 Å². The van der Waals surface area contributed by atoms with Gasteiger partial charge in [-0.1, -0.05) is 17.7 Å². The zero-order valence-electron chi connectivity index (χ0n) is 17.5. The number of ether oxygens (including phenoxy) is 1. The number of amides is 1. The maximum Gasteiger partial charge on any atom is 0.290 e. The lowest BCUT2D eigenvalue weighted by Crippen LogP contribution is -2.32. The summed E-state index contributed by atoms with van der Waals surface area (Å²) in [6.45, 7) is 1.22. The first-order valence-corrected chi connectivity index (χ1v) is 10.3. The highest BCUT2D eigenvalue weighted by Crippen LogP contribution is 2.40. The van der Waals surface area contributed by atoms with Crippen molar-refractivity contribution < 1.29 is 19.1 Å². The van der Waals surface area contributed by atoms with Gasteiger partial charge in [-0.15, -0.1) is 0 Å². The summed E-state index contributed by atoms with van der Waals surface area (Å²) >= 11 is 6.10. The molecule has 1 aliphatic rings. The van der Waals surface area contributed by atoms with Crippen LogP contribution in [0.25, 0.3) is 11.0 Å². The molecular weight excluding hydrogens is 420 g/mol. The minimum absolute atomic E-state index is 0.0210. The number of benzene rings is 2. The maximum atomic E-state index is 13.5. The SMILES string of the molecule is COc1cc([C@H]2c3c(oc4ccc(Cl)cc4c3=O)C(=O)N2CCCN(C)C)ccc1O. The van der Waals surface area contributed by atoms with Gasteiger partial charge < -0.3 is 24.1 Å². The van der Waals surface area contributed by atoms with Gasteiger partial charge in [0.15, 0.2) is 16.9 Å². The molecular formula is C23H23ClN2O5. The number of hydrogen-bond donors (Lipinski definition) is 1. The van der Waals surface area contributed by atoms with Crippen molar-refractivity contribution in [3.63, 3.8) is 0 Å². The summed E-state index contributed by atoms with van der Waals surface area (Å²) in [4.78, 5) is 30.5. The smallest absolute Gasteiger partial charge is 0.290 e. The molecule has 2 heterocycles. The van der Waals surface area contributed by atoms with Crippen LogP contribution >= 0.6 is 11.6 Å². The summed E-state index contributed by atoms with van der Waals surface area (Å²) in [6, 6.07) is 8.94. The Labute approximate surface area is 184 Å². The lowest BCUT2D eigenvalue weighted by atomic mass is 9.98. The lowest BCUT2D eigenvalue weighted by Gasteiger charge is -2.26. The highest BCUT2D eigenvalue weighted by atomic mass is 35.5. The van der Waals surface area contributed by atoms with E-state index in [-0.39, 0.29) is 34.2 Å². The molecule has 0 bridgehead atoms. The molecule has 0 radical (unpaired) electrons. The van der Waals surface area contributed by atoms with Gasteiger partial charge >= 0.3 is 0 Å². The van der Waals surface area contributed by atoms with Gasteiger partial charge in [-0.05, 0) is 63.0 Å². The van der Waals surface area contributed by atoms with Gasteiger partial charge in [-0.3, -0.25) is 9.59 Å². The Morgan fingerprint density at radius 1 is 1.19 bits per heavy atom. The van der Waals surface area contributed by atoms with Crippen molar-refractivity contribution in [2.45, 2.75) is 12.5 Å². The second-order valence-electron chi connectivity index (χ2n) is 7.80. The number of halogens is 1. The molecule has 1 N–H and O–H groups in total. The van der Waals surface area contributed by atoms with Gasteiger partial charge in [-0.25, -0.2) is 0 Å². The Balaban J connectivity index is 1.90. The Kier molecular flexibility index (Phi) is 5.64. The largest absolute Gasteiger partial charge is 0.504 e. The minimum Gasteiger partial charge on any atom is -0.504 e. The van der Waals surface area contributed by atoms with E-state index in [4.69, 9.17) is 20.8 Å². The van der Waals surface area contributed by atoms with Crippen LogP contribution in [0.1, 0.15) is 34.1 Å². The van der Waals surface area contributed by atoms with E-state index < -0.39 is 6.04 Å². The third kappa shape index (κ3) is 3.75. The van der Waals surface area contributed by atoms with Crippen molar-refractivity contribution in [3.05, 3.63) is 68.5 Å². The van der Waals surface area contributed by atoms with Crippen molar-refractivity contribution in [2.75, 3.05) is 34.3 Å². The fourth-order valence-electron chi connectivity index (χ4n) is 3.99. The summed E-state index contributed by atoms with van der Waals surface area (Å²) in [7, 11) is 5.38. The van der Waals surface area contributed by atoms with E-state index in [1.807, 2.05) is 19.0 Å². The molecule has 0 spiro atoms. The van der Waals surface area contributed by atoms with Gasteiger partial charge in [0.1, 0.15) is 5.58 Å². The molecule has 4 rings (SSSR count). The average Bonchev–Trinajstić information content (AvgIpc) is 3.01. The minimum atomic E-state index is -0.654. The lowest BCUT2D eigenvalue weighted by molar-refractivity contribution is 0.0722. The van der Waals surface area contributed by atoms with Crippen molar-refractivity contribution in [2.24, 2.45) is 0 Å². The highest BCUT2D eigenvalue weighted by Gasteiger charge is 2.42. The number of fused-ring (bicyclic) bond motifs is 2. The van der Waals surface area contributed by atoms with Crippen LogP contribution in [0.5, 0.6) is 11.5 Å². The summed E-state index contributed by atoms with van der Waals surface area (Å²) in [5.41, 5.74) is 0.954. The fraction of sp³-hybridized carbons (Fsp3) is 0.304. The van der Waals surface area contributed by atoms with Gasteiger partial charge in [0.25, 0.3) is 5.91 Å². The molecule has 1 aromatic heterocycles. The second-order valence-corrected chi connectivity index (χ2v) is 8.24. The summed E-state index contributed by atoms with van der Waals surface area (Å²) in [5, 5.41) is 10.7. The quantitative estimate of drug-likeness (QED) is 0.627. The van der Waals surface area contributed by atoms with Crippen LogP contribution in [0.4, 0.5) is 0 Å². The van der Waals surface area contributed by atoms with Crippen molar-refractivity contribution >= 4 is 28.5 Å². The number of aromatic hydroxyl groups is 1. The van der Waals surface area contributed by atoms with E-state index in [9.17, 15) is 14.7 Å². The molecule has 1 amide bonds. The van der Waals surface area contributed by atoms with Gasteiger partial charge in [-0.2, -0.15) is 0 Å². The molecule has 0 saturated heterocycles. The Morgan fingerprint density at radius 3 is 2.68 bits per heavy atom. The third-order valence-corrected chi connectivity index (χ3v) is 5.69. The first-order chi connectivity index (χ1) is 14.8. The van der Waals surface area contributed by atoms with Gasteiger partial charge in [0.05, 0.1) is 24.1 Å². The summed E-state index contributed by atoms with van der Waals surface area (Å²) in [6.07, 6.45) is 0.720. The number of nitrogens with zero attached hydrogens (tertiary/aromatic N) is 2. The Morgan fingerprint density at radius 2 is 1.97 bits per heavy atom. The normalized spacial score (nSPS) is 15.7. The molecule has 8 heteroatoms. The van der Waals surface area contributed by atoms with Crippen LogP contribution in [-0.2, 0) is 0 Å². The van der Waals surface area contributed by atoms with Gasteiger partial charge in [0, 0.05) is 11.6 Å². The molecule has 0 unspecified atom stereocenters. The predicted molar refractivity (Wildman–Crippen MR) is 118 cm³/mol. The standard InChI is InChI=1S/C23H23ClN2O5/c1-25(2)9-4-10-26-20(13-5-7-16(27)18(11-13)30-3)19-21(28)15-12-14(24)6-8-17(15)31-22(19)23(26)29/h5-8,11-12,20,27H,4,9-10H2,1-3H3/t20-/m0/s1. The monoisotopic (exact) mass is 442 g/mol. The number of carbonyl (C=O) groups excluding carboxylic acids is 1. The second kappa shape index (κ2) is 8.24. The summed E-state index contributed by atoms with van der Waals surface area (Å²) in [5.74, 6) is -0.0476. The van der Waals surface area contributed by atoms with E-state index in [1.165, 1.54) is 13.2 Å². The Bertz CT molecular complexity index is 1220. The molecule has 7 nitrogen and oxygen atoms in total. The van der Waals surface area contributed by atoms with E-state index in [1.54, 1.807) is 35.2 Å². The van der Waals surface area contributed by atoms with E-state index in [0.717, 1.165) is 13.0 Å².